The molecule has 0 spiro atoms. The first-order valence-electron chi connectivity index (χ1n) is 9.22. The fourth-order valence-electron chi connectivity index (χ4n) is 3.89. The molecule has 1 saturated carbocycles. The summed E-state index contributed by atoms with van der Waals surface area (Å²) in [7, 11) is 0. The largest absolute Gasteiger partial charge is 0.337 e. The minimum atomic E-state index is -0.328. The molecule has 1 N–H and O–H groups in total. The number of aromatic nitrogens is 3. The number of anilines is 1. The van der Waals surface area contributed by atoms with Crippen molar-refractivity contribution in [3.63, 3.8) is 0 Å². The summed E-state index contributed by atoms with van der Waals surface area (Å²) >= 11 is 0. The molecule has 4 rings (SSSR count). The van der Waals surface area contributed by atoms with Gasteiger partial charge in [-0.05, 0) is 24.5 Å². The highest BCUT2D eigenvalue weighted by molar-refractivity contribution is 5.96. The van der Waals surface area contributed by atoms with Crippen molar-refractivity contribution in [2.45, 2.75) is 44.7 Å². The van der Waals surface area contributed by atoms with Crippen LogP contribution in [0.15, 0.2) is 36.8 Å². The predicted octanol–water partition coefficient (Wildman–Crippen LogP) is 2.38. The van der Waals surface area contributed by atoms with Gasteiger partial charge in [0.05, 0.1) is 18.2 Å². The molecule has 2 aliphatic rings. The topological polar surface area (TPSA) is 80.1 Å². The fraction of sp³-hybridized carbons (Fsp3) is 0.474. The van der Waals surface area contributed by atoms with Crippen LogP contribution in [-0.2, 0) is 16.1 Å². The zero-order valence-corrected chi connectivity index (χ0v) is 14.7. The maximum Gasteiger partial charge on any atom is 0.230 e. The van der Waals surface area contributed by atoms with Crippen LogP contribution in [0.1, 0.15) is 43.7 Å². The number of nitrogens with one attached hydrogen (secondary N) is 1. The SMILES string of the molecule is O=C(Nc1ccnn1C1CCCC1)C1CC(=O)N(Cc2cccnc2)C1. The van der Waals surface area contributed by atoms with E-state index < -0.39 is 0 Å². The van der Waals surface area contributed by atoms with E-state index in [4.69, 9.17) is 0 Å². The van der Waals surface area contributed by atoms with E-state index in [0.717, 1.165) is 24.2 Å². The molecule has 1 unspecified atom stereocenters. The normalized spacial score (nSPS) is 20.7. The second-order valence-electron chi connectivity index (χ2n) is 7.13. The molecule has 2 amide bonds. The lowest BCUT2D eigenvalue weighted by Gasteiger charge is -2.17. The van der Waals surface area contributed by atoms with Gasteiger partial charge in [-0.15, -0.1) is 0 Å². The van der Waals surface area contributed by atoms with Crippen LogP contribution in [0.5, 0.6) is 0 Å². The Kier molecular flexibility index (Phi) is 4.69. The molecular formula is C19H23N5O2. The molecule has 0 aromatic carbocycles. The van der Waals surface area contributed by atoms with Gasteiger partial charge in [-0.25, -0.2) is 4.68 Å². The Morgan fingerprint density at radius 3 is 2.85 bits per heavy atom. The lowest BCUT2D eigenvalue weighted by molar-refractivity contribution is -0.128. The van der Waals surface area contributed by atoms with E-state index in [1.165, 1.54) is 12.8 Å². The lowest BCUT2D eigenvalue weighted by Crippen LogP contribution is -2.28. The molecule has 7 heteroatoms. The van der Waals surface area contributed by atoms with Gasteiger partial charge < -0.3 is 10.2 Å². The summed E-state index contributed by atoms with van der Waals surface area (Å²) in [5, 5.41) is 7.37. The van der Waals surface area contributed by atoms with Crippen LogP contribution in [0.2, 0.25) is 0 Å². The van der Waals surface area contributed by atoms with Crippen molar-refractivity contribution < 1.29 is 9.59 Å². The van der Waals surface area contributed by atoms with Crippen LogP contribution in [0.4, 0.5) is 5.82 Å². The van der Waals surface area contributed by atoms with Crippen molar-refractivity contribution in [3.8, 4) is 0 Å². The Morgan fingerprint density at radius 1 is 1.23 bits per heavy atom. The third-order valence-corrected chi connectivity index (χ3v) is 5.27. The molecule has 1 atom stereocenters. The first-order chi connectivity index (χ1) is 12.7. The molecule has 0 radical (unpaired) electrons. The molecular weight excluding hydrogens is 330 g/mol. The highest BCUT2D eigenvalue weighted by Crippen LogP contribution is 2.31. The van der Waals surface area contributed by atoms with E-state index in [1.54, 1.807) is 23.5 Å². The Balaban J connectivity index is 1.38. The number of rotatable bonds is 5. The van der Waals surface area contributed by atoms with E-state index in [0.29, 0.717) is 19.1 Å². The van der Waals surface area contributed by atoms with E-state index in [9.17, 15) is 9.59 Å². The molecule has 1 saturated heterocycles. The molecule has 1 aliphatic heterocycles. The van der Waals surface area contributed by atoms with Crippen LogP contribution in [0, 0.1) is 5.92 Å². The number of hydrogen-bond donors (Lipinski definition) is 1. The molecule has 2 aromatic rings. The molecule has 3 heterocycles. The lowest BCUT2D eigenvalue weighted by atomic mass is 10.1. The van der Waals surface area contributed by atoms with Gasteiger partial charge in [0.15, 0.2) is 0 Å². The zero-order valence-electron chi connectivity index (χ0n) is 14.7. The number of amides is 2. The molecule has 26 heavy (non-hydrogen) atoms. The Bertz CT molecular complexity index is 782. The van der Waals surface area contributed by atoms with Crippen molar-refractivity contribution in [1.82, 2.24) is 19.7 Å². The summed E-state index contributed by atoms with van der Waals surface area (Å²) in [4.78, 5) is 30.8. The first-order valence-corrected chi connectivity index (χ1v) is 9.22. The average Bonchev–Trinajstić information content (AvgIpc) is 3.37. The monoisotopic (exact) mass is 353 g/mol. The quantitative estimate of drug-likeness (QED) is 0.895. The molecule has 2 fully saturated rings. The maximum absolute atomic E-state index is 12.7. The van der Waals surface area contributed by atoms with Crippen molar-refractivity contribution in [2.24, 2.45) is 5.92 Å². The summed E-state index contributed by atoms with van der Waals surface area (Å²) in [6.45, 7) is 0.938. The zero-order chi connectivity index (χ0) is 17.9. The van der Waals surface area contributed by atoms with Gasteiger partial charge >= 0.3 is 0 Å². The molecule has 136 valence electrons. The number of pyridine rings is 1. The number of hydrogen-bond acceptors (Lipinski definition) is 4. The van der Waals surface area contributed by atoms with Gasteiger partial charge in [-0.3, -0.25) is 14.6 Å². The van der Waals surface area contributed by atoms with E-state index >= 15 is 0 Å². The Labute approximate surface area is 152 Å². The smallest absolute Gasteiger partial charge is 0.230 e. The summed E-state index contributed by atoms with van der Waals surface area (Å²) in [6.07, 6.45) is 10.1. The first kappa shape index (κ1) is 16.8. The van der Waals surface area contributed by atoms with Crippen LogP contribution in [0.3, 0.4) is 0 Å². The van der Waals surface area contributed by atoms with E-state index in [-0.39, 0.29) is 24.2 Å². The molecule has 0 bridgehead atoms. The second kappa shape index (κ2) is 7.27. The number of nitrogens with zero attached hydrogens (tertiary/aromatic N) is 4. The van der Waals surface area contributed by atoms with Gasteiger partial charge in [0.25, 0.3) is 0 Å². The van der Waals surface area contributed by atoms with Crippen molar-refractivity contribution in [2.75, 3.05) is 11.9 Å². The minimum absolute atomic E-state index is 0.0123. The highest BCUT2D eigenvalue weighted by Gasteiger charge is 2.34. The van der Waals surface area contributed by atoms with Crippen molar-refractivity contribution in [1.29, 1.82) is 0 Å². The number of carbonyl (C=O) groups is 2. The number of likely N-dealkylation sites (tertiary alicyclic amines) is 1. The summed E-state index contributed by atoms with van der Waals surface area (Å²) in [5.74, 6) is 0.316. The fourth-order valence-corrected chi connectivity index (χ4v) is 3.89. The summed E-state index contributed by atoms with van der Waals surface area (Å²) < 4.78 is 1.93. The van der Waals surface area contributed by atoms with Gasteiger partial charge in [0, 0.05) is 38.0 Å². The van der Waals surface area contributed by atoms with Crippen LogP contribution in [0.25, 0.3) is 0 Å². The van der Waals surface area contributed by atoms with Gasteiger partial charge in [0.2, 0.25) is 11.8 Å². The third-order valence-electron chi connectivity index (χ3n) is 5.27. The minimum Gasteiger partial charge on any atom is -0.337 e. The maximum atomic E-state index is 12.7. The van der Waals surface area contributed by atoms with Gasteiger partial charge in [0.1, 0.15) is 5.82 Å². The summed E-state index contributed by atoms with van der Waals surface area (Å²) in [6, 6.07) is 5.99. The average molecular weight is 353 g/mol. The highest BCUT2D eigenvalue weighted by atomic mass is 16.2. The second-order valence-corrected chi connectivity index (χ2v) is 7.13. The van der Waals surface area contributed by atoms with Gasteiger partial charge in [-0.1, -0.05) is 18.9 Å². The third kappa shape index (κ3) is 3.47. The van der Waals surface area contributed by atoms with E-state index in [2.05, 4.69) is 15.4 Å². The Morgan fingerprint density at radius 2 is 2.08 bits per heavy atom. The van der Waals surface area contributed by atoms with E-state index in [1.807, 2.05) is 22.9 Å². The van der Waals surface area contributed by atoms with Crippen LogP contribution in [-0.4, -0.2) is 38.0 Å². The number of carbonyl (C=O) groups excluding carboxylic acids is 2. The Hall–Kier alpha value is -2.70. The standard InChI is InChI=1S/C19H23N5O2/c25-18-10-15(13-23(18)12-14-4-3-8-20-11-14)19(26)22-17-7-9-21-24(17)16-5-1-2-6-16/h3-4,7-9,11,15-16H,1-2,5-6,10,12-13H2,(H,22,26). The molecule has 1 aliphatic carbocycles. The van der Waals surface area contributed by atoms with Gasteiger partial charge in [-0.2, -0.15) is 5.10 Å². The van der Waals surface area contributed by atoms with Crippen LogP contribution < -0.4 is 5.32 Å². The van der Waals surface area contributed by atoms with Crippen molar-refractivity contribution >= 4 is 17.6 Å². The summed E-state index contributed by atoms with van der Waals surface area (Å²) in [5.41, 5.74) is 0.973. The molecule has 7 nitrogen and oxygen atoms in total. The van der Waals surface area contributed by atoms with Crippen molar-refractivity contribution in [3.05, 3.63) is 42.4 Å². The van der Waals surface area contributed by atoms with Crippen LogP contribution >= 0.6 is 0 Å². The predicted molar refractivity (Wildman–Crippen MR) is 96.1 cm³/mol. The molecule has 2 aromatic heterocycles.